The fourth-order valence-corrected chi connectivity index (χ4v) is 1.40. The average Bonchev–Trinajstić information content (AvgIpc) is 2.64. The summed E-state index contributed by atoms with van der Waals surface area (Å²) in [5.74, 6) is 0.290. The molecular weight excluding hydrogens is 249 g/mol. The van der Waals surface area contributed by atoms with E-state index in [1.165, 1.54) is 12.1 Å². The highest BCUT2D eigenvalue weighted by molar-refractivity contribution is 9.10. The number of nitrogens with one attached hydrogen (secondary N) is 2. The second-order valence-corrected chi connectivity index (χ2v) is 3.54. The topological polar surface area (TPSA) is 40.7 Å². The Morgan fingerprint density at radius 2 is 2.29 bits per heavy atom. The lowest BCUT2D eigenvalue weighted by atomic mass is 10.3. The lowest BCUT2D eigenvalue weighted by Gasteiger charge is -2.04. The third-order valence-electron chi connectivity index (χ3n) is 1.68. The molecule has 1 heterocycles. The van der Waals surface area contributed by atoms with Crippen LogP contribution in [-0.4, -0.2) is 9.97 Å². The van der Waals surface area contributed by atoms with Gasteiger partial charge in [0.05, 0.1) is 5.69 Å². The van der Waals surface area contributed by atoms with E-state index in [1.807, 2.05) is 0 Å². The number of halogens is 2. The fraction of sp³-hybridized carbons (Fsp3) is 0. The van der Waals surface area contributed by atoms with Gasteiger partial charge in [-0.2, -0.15) is 0 Å². The second-order valence-electron chi connectivity index (χ2n) is 2.69. The number of imidazole rings is 1. The minimum Gasteiger partial charge on any atom is -0.331 e. The van der Waals surface area contributed by atoms with E-state index in [9.17, 15) is 4.39 Å². The van der Waals surface area contributed by atoms with Crippen LogP contribution in [0.2, 0.25) is 0 Å². The zero-order valence-electron chi connectivity index (χ0n) is 7.09. The summed E-state index contributed by atoms with van der Waals surface area (Å²) in [4.78, 5) is 6.84. The van der Waals surface area contributed by atoms with Gasteiger partial charge in [-0.3, -0.25) is 0 Å². The monoisotopic (exact) mass is 255 g/mol. The van der Waals surface area contributed by atoms with E-state index in [0.717, 1.165) is 4.47 Å². The Bertz CT molecular complexity index is 428. The van der Waals surface area contributed by atoms with Crippen LogP contribution in [0.25, 0.3) is 0 Å². The number of aromatic nitrogens is 2. The van der Waals surface area contributed by atoms with Gasteiger partial charge in [-0.15, -0.1) is 0 Å². The Kier molecular flexibility index (Phi) is 2.49. The summed E-state index contributed by atoms with van der Waals surface area (Å²) < 4.78 is 13.7. The van der Waals surface area contributed by atoms with Crippen LogP contribution in [0.5, 0.6) is 0 Å². The van der Waals surface area contributed by atoms with E-state index in [0.29, 0.717) is 11.6 Å². The first-order chi connectivity index (χ1) is 6.75. The largest absolute Gasteiger partial charge is 0.331 e. The van der Waals surface area contributed by atoms with Crippen LogP contribution in [0.15, 0.2) is 35.1 Å². The van der Waals surface area contributed by atoms with Crippen LogP contribution in [0.3, 0.4) is 0 Å². The van der Waals surface area contributed by atoms with Crippen LogP contribution < -0.4 is 5.32 Å². The van der Waals surface area contributed by atoms with Crippen molar-refractivity contribution in [3.63, 3.8) is 0 Å². The Balaban J connectivity index is 2.28. The summed E-state index contributed by atoms with van der Waals surface area (Å²) in [5.41, 5.74) is 0.639. The van der Waals surface area contributed by atoms with Crippen LogP contribution in [-0.2, 0) is 0 Å². The van der Waals surface area contributed by atoms with E-state index in [1.54, 1.807) is 18.5 Å². The molecule has 0 bridgehead atoms. The Hall–Kier alpha value is -1.36. The van der Waals surface area contributed by atoms with Gasteiger partial charge in [-0.05, 0) is 34.1 Å². The first-order valence-corrected chi connectivity index (χ1v) is 4.76. The van der Waals surface area contributed by atoms with Gasteiger partial charge >= 0.3 is 0 Å². The molecule has 0 amide bonds. The van der Waals surface area contributed by atoms with Gasteiger partial charge < -0.3 is 10.3 Å². The fourth-order valence-electron chi connectivity index (χ4n) is 1.05. The zero-order valence-corrected chi connectivity index (χ0v) is 8.68. The molecule has 1 aromatic carbocycles. The van der Waals surface area contributed by atoms with Crippen molar-refractivity contribution in [1.82, 2.24) is 9.97 Å². The van der Waals surface area contributed by atoms with Crippen molar-refractivity contribution in [2.75, 3.05) is 5.32 Å². The van der Waals surface area contributed by atoms with Crippen LogP contribution >= 0.6 is 15.9 Å². The van der Waals surface area contributed by atoms with E-state index in [-0.39, 0.29) is 5.82 Å². The van der Waals surface area contributed by atoms with Gasteiger partial charge in [0, 0.05) is 16.9 Å². The van der Waals surface area contributed by atoms with Crippen molar-refractivity contribution in [2.45, 2.75) is 0 Å². The summed E-state index contributed by atoms with van der Waals surface area (Å²) in [6.07, 6.45) is 3.31. The summed E-state index contributed by atoms with van der Waals surface area (Å²) in [6.45, 7) is 0. The summed E-state index contributed by atoms with van der Waals surface area (Å²) in [5, 5.41) is 2.94. The van der Waals surface area contributed by atoms with Crippen molar-refractivity contribution in [2.24, 2.45) is 0 Å². The molecule has 0 spiro atoms. The molecule has 0 atom stereocenters. The van der Waals surface area contributed by atoms with Crippen molar-refractivity contribution < 1.29 is 4.39 Å². The molecule has 3 nitrogen and oxygen atoms in total. The number of rotatable bonds is 2. The molecule has 0 saturated carbocycles. The molecule has 0 radical (unpaired) electrons. The summed E-state index contributed by atoms with van der Waals surface area (Å²) >= 11 is 3.31. The molecule has 2 N–H and O–H groups in total. The molecule has 2 aromatic rings. The smallest absolute Gasteiger partial charge is 0.204 e. The van der Waals surface area contributed by atoms with Gasteiger partial charge in [0.15, 0.2) is 0 Å². The number of aromatic amines is 1. The molecule has 5 heteroatoms. The van der Waals surface area contributed by atoms with Crippen molar-refractivity contribution in [3.05, 3.63) is 40.9 Å². The number of benzene rings is 1. The molecule has 0 aliphatic rings. The predicted octanol–water partition coefficient (Wildman–Crippen LogP) is 3.05. The van der Waals surface area contributed by atoms with Gasteiger partial charge in [0.1, 0.15) is 5.82 Å². The molecule has 0 fully saturated rings. The van der Waals surface area contributed by atoms with Crippen molar-refractivity contribution >= 4 is 27.6 Å². The molecular formula is C9H7BrFN3. The van der Waals surface area contributed by atoms with Gasteiger partial charge in [-0.1, -0.05) is 0 Å². The molecule has 2 rings (SSSR count). The molecule has 0 aliphatic carbocycles. The lowest BCUT2D eigenvalue weighted by Crippen LogP contribution is -1.93. The number of anilines is 2. The third-order valence-corrected chi connectivity index (χ3v) is 2.37. The normalized spacial score (nSPS) is 10.1. The SMILES string of the molecule is Fc1ccc(Br)c(Nc2ncc[nH]2)c1. The van der Waals surface area contributed by atoms with Crippen LogP contribution in [0.1, 0.15) is 0 Å². The van der Waals surface area contributed by atoms with Crippen LogP contribution in [0.4, 0.5) is 16.0 Å². The number of hydrogen-bond donors (Lipinski definition) is 2. The standard InChI is InChI=1S/C9H7BrFN3/c10-7-2-1-6(11)5-8(7)14-9-12-3-4-13-9/h1-5H,(H2,12,13,14). The summed E-state index contributed by atoms with van der Waals surface area (Å²) in [7, 11) is 0. The molecule has 0 unspecified atom stereocenters. The van der Waals surface area contributed by atoms with E-state index in [2.05, 4.69) is 31.2 Å². The Morgan fingerprint density at radius 3 is 3.00 bits per heavy atom. The van der Waals surface area contributed by atoms with Gasteiger partial charge in [0.2, 0.25) is 5.95 Å². The first kappa shape index (κ1) is 9.21. The third kappa shape index (κ3) is 1.93. The highest BCUT2D eigenvalue weighted by atomic mass is 79.9. The Labute approximate surface area is 88.5 Å². The van der Waals surface area contributed by atoms with Crippen molar-refractivity contribution in [3.8, 4) is 0 Å². The minimum absolute atomic E-state index is 0.290. The maximum atomic E-state index is 12.9. The molecule has 72 valence electrons. The molecule has 14 heavy (non-hydrogen) atoms. The molecule has 0 saturated heterocycles. The average molecular weight is 256 g/mol. The highest BCUT2D eigenvalue weighted by Gasteiger charge is 2.02. The zero-order chi connectivity index (χ0) is 9.97. The van der Waals surface area contributed by atoms with Gasteiger partial charge in [0.25, 0.3) is 0 Å². The van der Waals surface area contributed by atoms with E-state index in [4.69, 9.17) is 0 Å². The number of H-pyrrole nitrogens is 1. The van der Waals surface area contributed by atoms with Crippen molar-refractivity contribution in [1.29, 1.82) is 0 Å². The number of hydrogen-bond acceptors (Lipinski definition) is 2. The lowest BCUT2D eigenvalue weighted by molar-refractivity contribution is 0.628. The van der Waals surface area contributed by atoms with E-state index < -0.39 is 0 Å². The summed E-state index contributed by atoms with van der Waals surface area (Å²) in [6, 6.07) is 4.42. The predicted molar refractivity (Wildman–Crippen MR) is 56.0 cm³/mol. The second kappa shape index (κ2) is 3.79. The highest BCUT2D eigenvalue weighted by Crippen LogP contribution is 2.24. The van der Waals surface area contributed by atoms with Crippen LogP contribution in [0, 0.1) is 5.82 Å². The van der Waals surface area contributed by atoms with Gasteiger partial charge in [-0.25, -0.2) is 9.37 Å². The molecule has 1 aromatic heterocycles. The maximum absolute atomic E-state index is 12.9. The quantitative estimate of drug-likeness (QED) is 0.866. The minimum atomic E-state index is -0.290. The maximum Gasteiger partial charge on any atom is 0.204 e. The number of nitrogens with zero attached hydrogens (tertiary/aromatic N) is 1. The Morgan fingerprint density at radius 1 is 1.43 bits per heavy atom. The molecule has 0 aliphatic heterocycles. The van der Waals surface area contributed by atoms with E-state index >= 15 is 0 Å². The first-order valence-electron chi connectivity index (χ1n) is 3.97.